The van der Waals surface area contributed by atoms with E-state index in [1.54, 1.807) is 48.5 Å². The molecule has 3 aromatic carbocycles. The van der Waals surface area contributed by atoms with Gasteiger partial charge in [0.05, 0.1) is 21.3 Å². The predicted molar refractivity (Wildman–Crippen MR) is 119 cm³/mol. The van der Waals surface area contributed by atoms with Gasteiger partial charge in [-0.15, -0.1) is 0 Å². The molecule has 0 saturated heterocycles. The highest BCUT2D eigenvalue weighted by molar-refractivity contribution is 6.05. The number of methoxy groups -OCH3 is 3. The fourth-order valence-corrected chi connectivity index (χ4v) is 3.21. The van der Waals surface area contributed by atoms with Gasteiger partial charge >= 0.3 is 0 Å². The number of anilines is 1. The zero-order valence-corrected chi connectivity index (χ0v) is 18.1. The second kappa shape index (κ2) is 9.39. The van der Waals surface area contributed by atoms with Crippen molar-refractivity contribution in [3.63, 3.8) is 0 Å². The molecule has 1 amide bonds. The molecular formula is C24H20FN3O5. The predicted octanol–water partition coefficient (Wildman–Crippen LogP) is 4.82. The second-order valence-electron chi connectivity index (χ2n) is 6.88. The van der Waals surface area contributed by atoms with Crippen molar-refractivity contribution >= 4 is 11.6 Å². The Balaban J connectivity index is 1.57. The lowest BCUT2D eigenvalue weighted by molar-refractivity contribution is 0.102. The number of hydrogen-bond acceptors (Lipinski definition) is 7. The molecule has 4 aromatic rings. The number of ether oxygens (including phenoxy) is 3. The summed E-state index contributed by atoms with van der Waals surface area (Å²) in [5.74, 6) is 1.10. The van der Waals surface area contributed by atoms with Gasteiger partial charge in [0.1, 0.15) is 5.82 Å². The molecule has 8 nitrogen and oxygen atoms in total. The molecule has 0 fully saturated rings. The highest BCUT2D eigenvalue weighted by Gasteiger charge is 2.17. The van der Waals surface area contributed by atoms with E-state index in [1.165, 1.54) is 33.5 Å². The number of rotatable bonds is 7. The summed E-state index contributed by atoms with van der Waals surface area (Å²) in [6.45, 7) is 0. The minimum atomic E-state index is -0.357. The number of carbonyl (C=O) groups is 1. The summed E-state index contributed by atoms with van der Waals surface area (Å²) < 4.78 is 34.4. The van der Waals surface area contributed by atoms with Gasteiger partial charge in [-0.25, -0.2) is 4.39 Å². The van der Waals surface area contributed by atoms with Gasteiger partial charge in [-0.2, -0.15) is 4.98 Å². The topological polar surface area (TPSA) is 95.7 Å². The van der Waals surface area contributed by atoms with Crippen molar-refractivity contribution in [1.29, 1.82) is 0 Å². The van der Waals surface area contributed by atoms with E-state index in [1.807, 2.05) is 0 Å². The van der Waals surface area contributed by atoms with Crippen molar-refractivity contribution in [1.82, 2.24) is 10.1 Å². The van der Waals surface area contributed by atoms with Crippen LogP contribution in [0.3, 0.4) is 0 Å². The minimum absolute atomic E-state index is 0.233. The molecule has 9 heteroatoms. The van der Waals surface area contributed by atoms with Crippen molar-refractivity contribution in [2.75, 3.05) is 26.6 Å². The van der Waals surface area contributed by atoms with E-state index in [2.05, 4.69) is 15.5 Å². The first-order valence-electron chi connectivity index (χ1n) is 9.84. The summed E-state index contributed by atoms with van der Waals surface area (Å²) in [5, 5.41) is 6.76. The van der Waals surface area contributed by atoms with Gasteiger partial charge in [-0.1, -0.05) is 11.2 Å². The lowest BCUT2D eigenvalue weighted by atomic mass is 10.1. The number of benzene rings is 3. The standard InChI is InChI=1S/C24H20FN3O5/c1-30-19-12-18(13-20(31-2)21(19)32-3)26-23(29)15-5-4-6-16(11-15)24-27-22(28-33-24)14-7-9-17(25)10-8-14/h4-13H,1-3H3,(H,26,29). The van der Waals surface area contributed by atoms with E-state index in [9.17, 15) is 9.18 Å². The summed E-state index contributed by atoms with van der Waals surface area (Å²) >= 11 is 0. The maximum absolute atomic E-state index is 13.1. The summed E-state index contributed by atoms with van der Waals surface area (Å²) in [5.41, 5.74) is 2.02. The molecule has 0 spiro atoms. The highest BCUT2D eigenvalue weighted by Crippen LogP contribution is 2.40. The number of nitrogens with zero attached hydrogens (tertiary/aromatic N) is 2. The van der Waals surface area contributed by atoms with Crippen LogP contribution in [0.4, 0.5) is 10.1 Å². The molecule has 33 heavy (non-hydrogen) atoms. The summed E-state index contributed by atoms with van der Waals surface area (Å²) in [6.07, 6.45) is 0. The Morgan fingerprint density at radius 3 is 2.24 bits per heavy atom. The highest BCUT2D eigenvalue weighted by atomic mass is 19.1. The third-order valence-corrected chi connectivity index (χ3v) is 4.82. The van der Waals surface area contributed by atoms with E-state index in [-0.39, 0.29) is 17.6 Å². The van der Waals surface area contributed by atoms with Crippen LogP contribution in [0.25, 0.3) is 22.8 Å². The summed E-state index contributed by atoms with van der Waals surface area (Å²) in [4.78, 5) is 17.2. The minimum Gasteiger partial charge on any atom is -0.493 e. The lowest BCUT2D eigenvalue weighted by Crippen LogP contribution is -2.12. The van der Waals surface area contributed by atoms with E-state index in [0.717, 1.165) is 0 Å². The van der Waals surface area contributed by atoms with Crippen molar-refractivity contribution in [3.8, 4) is 40.1 Å². The molecular weight excluding hydrogens is 429 g/mol. The van der Waals surface area contributed by atoms with Gasteiger partial charge in [0, 0.05) is 34.5 Å². The van der Waals surface area contributed by atoms with Crippen molar-refractivity contribution in [2.24, 2.45) is 0 Å². The molecule has 0 atom stereocenters. The lowest BCUT2D eigenvalue weighted by Gasteiger charge is -2.14. The molecule has 0 aliphatic rings. The molecule has 0 aliphatic heterocycles. The normalized spacial score (nSPS) is 10.5. The molecule has 0 radical (unpaired) electrons. The van der Waals surface area contributed by atoms with E-state index < -0.39 is 0 Å². The average molecular weight is 449 g/mol. The maximum atomic E-state index is 13.1. The fourth-order valence-electron chi connectivity index (χ4n) is 3.21. The Labute approximate surface area is 188 Å². The van der Waals surface area contributed by atoms with Gasteiger partial charge in [0.15, 0.2) is 11.5 Å². The van der Waals surface area contributed by atoms with Crippen LogP contribution in [0.2, 0.25) is 0 Å². The number of halogens is 1. The monoisotopic (exact) mass is 449 g/mol. The van der Waals surface area contributed by atoms with Crippen LogP contribution in [0.5, 0.6) is 17.2 Å². The largest absolute Gasteiger partial charge is 0.493 e. The van der Waals surface area contributed by atoms with Crippen LogP contribution >= 0.6 is 0 Å². The molecule has 1 aromatic heterocycles. The molecule has 0 saturated carbocycles. The molecule has 1 N–H and O–H groups in total. The second-order valence-corrected chi connectivity index (χ2v) is 6.88. The molecule has 168 valence electrons. The molecule has 4 rings (SSSR count). The number of nitrogens with one attached hydrogen (secondary N) is 1. The number of amides is 1. The summed E-state index contributed by atoms with van der Waals surface area (Å²) in [6, 6.07) is 15.8. The van der Waals surface area contributed by atoms with E-state index in [4.69, 9.17) is 18.7 Å². The molecule has 0 aliphatic carbocycles. The SMILES string of the molecule is COc1cc(NC(=O)c2cccc(-c3nc(-c4ccc(F)cc4)no3)c2)cc(OC)c1OC. The van der Waals surface area contributed by atoms with E-state index >= 15 is 0 Å². The maximum Gasteiger partial charge on any atom is 0.258 e. The molecule has 1 heterocycles. The Morgan fingerprint density at radius 2 is 1.61 bits per heavy atom. The van der Waals surface area contributed by atoms with Gasteiger partial charge in [-0.3, -0.25) is 4.79 Å². The average Bonchev–Trinajstić information content (AvgIpc) is 3.34. The van der Waals surface area contributed by atoms with Crippen molar-refractivity contribution in [2.45, 2.75) is 0 Å². The Kier molecular flexibility index (Phi) is 6.21. The molecule has 0 bridgehead atoms. The third-order valence-electron chi connectivity index (χ3n) is 4.82. The Bertz CT molecular complexity index is 1260. The van der Waals surface area contributed by atoms with Crippen LogP contribution < -0.4 is 19.5 Å². The van der Waals surface area contributed by atoms with E-state index in [0.29, 0.717) is 45.5 Å². The van der Waals surface area contributed by atoms with Crippen LogP contribution in [0, 0.1) is 5.82 Å². The number of hydrogen-bond donors (Lipinski definition) is 1. The van der Waals surface area contributed by atoms with Crippen molar-refractivity contribution in [3.05, 3.63) is 72.0 Å². The first kappa shape index (κ1) is 21.8. The third kappa shape index (κ3) is 4.62. The van der Waals surface area contributed by atoms with Crippen molar-refractivity contribution < 1.29 is 27.9 Å². The number of carbonyl (C=O) groups excluding carboxylic acids is 1. The van der Waals surface area contributed by atoms with Gasteiger partial charge in [0.25, 0.3) is 11.8 Å². The zero-order chi connectivity index (χ0) is 23.4. The zero-order valence-electron chi connectivity index (χ0n) is 18.1. The fraction of sp³-hybridized carbons (Fsp3) is 0.125. The van der Waals surface area contributed by atoms with Crippen LogP contribution in [0.1, 0.15) is 10.4 Å². The van der Waals surface area contributed by atoms with Crippen LogP contribution in [-0.4, -0.2) is 37.4 Å². The first-order valence-corrected chi connectivity index (χ1v) is 9.84. The van der Waals surface area contributed by atoms with Gasteiger partial charge in [-0.05, 0) is 42.5 Å². The van der Waals surface area contributed by atoms with Crippen LogP contribution in [0.15, 0.2) is 65.2 Å². The number of aromatic nitrogens is 2. The molecule has 0 unspecified atom stereocenters. The smallest absolute Gasteiger partial charge is 0.258 e. The quantitative estimate of drug-likeness (QED) is 0.432. The summed E-state index contributed by atoms with van der Waals surface area (Å²) in [7, 11) is 4.50. The Morgan fingerprint density at radius 1 is 0.909 bits per heavy atom. The van der Waals surface area contributed by atoms with Gasteiger partial charge in [0.2, 0.25) is 11.6 Å². The Hall–Kier alpha value is -4.40. The van der Waals surface area contributed by atoms with Gasteiger partial charge < -0.3 is 24.1 Å². The first-order chi connectivity index (χ1) is 16.0. The van der Waals surface area contributed by atoms with Crippen LogP contribution in [-0.2, 0) is 0 Å².